The zero-order chi connectivity index (χ0) is 14.8. The molecule has 1 unspecified atom stereocenters. The van der Waals surface area contributed by atoms with Crippen LogP contribution in [0.2, 0.25) is 5.02 Å². The van der Waals surface area contributed by atoms with E-state index in [-0.39, 0.29) is 11.9 Å². The molecule has 1 aliphatic carbocycles. The van der Waals surface area contributed by atoms with Gasteiger partial charge in [-0.05, 0) is 54.0 Å². The van der Waals surface area contributed by atoms with E-state index in [0.717, 1.165) is 5.56 Å². The second-order valence-electron chi connectivity index (χ2n) is 5.80. The second kappa shape index (κ2) is 6.17. The largest absolute Gasteiger partial charge is 0.324 e. The summed E-state index contributed by atoms with van der Waals surface area (Å²) >= 11 is 6.11. The Bertz CT molecular complexity index is 637. The highest BCUT2D eigenvalue weighted by Gasteiger charge is 2.24. The van der Waals surface area contributed by atoms with Crippen LogP contribution in [0, 0.1) is 5.82 Å². The Kier molecular flexibility index (Phi) is 4.27. The smallest absolute Gasteiger partial charge is 0.124 e. The summed E-state index contributed by atoms with van der Waals surface area (Å²) in [7, 11) is 0. The third-order valence-corrected chi connectivity index (χ3v) is 4.75. The Morgan fingerprint density at radius 3 is 2.62 bits per heavy atom. The predicted octanol–water partition coefficient (Wildman–Crippen LogP) is 4.99. The van der Waals surface area contributed by atoms with Gasteiger partial charge in [-0.1, -0.05) is 48.4 Å². The van der Waals surface area contributed by atoms with E-state index in [0.29, 0.717) is 17.4 Å². The molecule has 1 fully saturated rings. The minimum atomic E-state index is -0.313. The predicted molar refractivity (Wildman–Crippen MR) is 85.1 cm³/mol. The van der Waals surface area contributed by atoms with Crippen LogP contribution in [0.3, 0.4) is 0 Å². The molecule has 1 saturated carbocycles. The molecule has 0 amide bonds. The van der Waals surface area contributed by atoms with E-state index < -0.39 is 0 Å². The van der Waals surface area contributed by atoms with Crippen molar-refractivity contribution in [3.05, 3.63) is 70.0 Å². The number of hydrogen-bond donors (Lipinski definition) is 1. The first-order chi connectivity index (χ1) is 10.1. The monoisotopic (exact) mass is 303 g/mol. The maximum Gasteiger partial charge on any atom is 0.124 e. The van der Waals surface area contributed by atoms with Crippen molar-refractivity contribution in [3.63, 3.8) is 0 Å². The van der Waals surface area contributed by atoms with Crippen LogP contribution in [0.4, 0.5) is 4.39 Å². The SMILES string of the molecule is NC(Cc1ccc(F)cc1Cl)c1ccccc1C1CCC1. The normalized spacial score (nSPS) is 16.5. The van der Waals surface area contributed by atoms with Crippen LogP contribution in [-0.4, -0.2) is 0 Å². The van der Waals surface area contributed by atoms with Gasteiger partial charge < -0.3 is 5.73 Å². The molecule has 1 atom stereocenters. The van der Waals surface area contributed by atoms with Crippen molar-refractivity contribution in [1.82, 2.24) is 0 Å². The van der Waals surface area contributed by atoms with Gasteiger partial charge in [-0.15, -0.1) is 0 Å². The topological polar surface area (TPSA) is 26.0 Å². The van der Waals surface area contributed by atoms with Crippen LogP contribution >= 0.6 is 11.6 Å². The standard InChI is InChI=1S/C18H19ClFN/c19-17-11-14(20)9-8-13(17)10-18(21)16-7-2-1-6-15(16)12-4-3-5-12/h1-2,6-9,11-12,18H,3-5,10,21H2. The van der Waals surface area contributed by atoms with Gasteiger partial charge in [0, 0.05) is 11.1 Å². The lowest BCUT2D eigenvalue weighted by Gasteiger charge is -2.29. The lowest BCUT2D eigenvalue weighted by molar-refractivity contribution is 0.415. The van der Waals surface area contributed by atoms with Gasteiger partial charge in [-0.25, -0.2) is 4.39 Å². The third kappa shape index (κ3) is 3.12. The summed E-state index contributed by atoms with van der Waals surface area (Å²) in [5.41, 5.74) is 9.86. The van der Waals surface area contributed by atoms with E-state index in [1.807, 2.05) is 6.07 Å². The van der Waals surface area contributed by atoms with Crippen LogP contribution in [0.1, 0.15) is 47.9 Å². The fourth-order valence-corrected chi connectivity index (χ4v) is 3.22. The molecule has 0 bridgehead atoms. The van der Waals surface area contributed by atoms with Gasteiger partial charge in [-0.2, -0.15) is 0 Å². The van der Waals surface area contributed by atoms with Gasteiger partial charge in [0.25, 0.3) is 0 Å². The molecule has 2 aromatic carbocycles. The van der Waals surface area contributed by atoms with Gasteiger partial charge in [0.15, 0.2) is 0 Å². The fraction of sp³-hybridized carbons (Fsp3) is 0.333. The van der Waals surface area contributed by atoms with Gasteiger partial charge in [0.1, 0.15) is 5.82 Å². The number of halogens is 2. The number of nitrogens with two attached hydrogens (primary N) is 1. The van der Waals surface area contributed by atoms with Gasteiger partial charge in [0.2, 0.25) is 0 Å². The van der Waals surface area contributed by atoms with Crippen molar-refractivity contribution in [2.75, 3.05) is 0 Å². The molecular formula is C18H19ClFN. The molecular weight excluding hydrogens is 285 g/mol. The quantitative estimate of drug-likeness (QED) is 0.846. The Morgan fingerprint density at radius 2 is 1.95 bits per heavy atom. The van der Waals surface area contributed by atoms with Crippen molar-refractivity contribution in [2.45, 2.75) is 37.6 Å². The summed E-state index contributed by atoms with van der Waals surface area (Å²) in [6, 6.07) is 12.8. The second-order valence-corrected chi connectivity index (χ2v) is 6.21. The van der Waals surface area contributed by atoms with E-state index in [2.05, 4.69) is 18.2 Å². The number of benzene rings is 2. The van der Waals surface area contributed by atoms with Crippen molar-refractivity contribution in [1.29, 1.82) is 0 Å². The third-order valence-electron chi connectivity index (χ3n) is 4.40. The van der Waals surface area contributed by atoms with E-state index in [4.69, 9.17) is 17.3 Å². The van der Waals surface area contributed by atoms with Gasteiger partial charge >= 0.3 is 0 Å². The highest BCUT2D eigenvalue weighted by molar-refractivity contribution is 6.31. The molecule has 0 radical (unpaired) electrons. The van der Waals surface area contributed by atoms with Crippen LogP contribution < -0.4 is 5.73 Å². The number of rotatable bonds is 4. The molecule has 0 heterocycles. The summed E-state index contributed by atoms with van der Waals surface area (Å²) in [5, 5.41) is 0.451. The van der Waals surface area contributed by atoms with Crippen molar-refractivity contribution >= 4 is 11.6 Å². The minimum absolute atomic E-state index is 0.107. The Labute approximate surface area is 129 Å². The Morgan fingerprint density at radius 1 is 1.19 bits per heavy atom. The molecule has 3 heteroatoms. The Balaban J connectivity index is 1.83. The van der Waals surface area contributed by atoms with E-state index >= 15 is 0 Å². The molecule has 2 N–H and O–H groups in total. The van der Waals surface area contributed by atoms with E-state index in [1.165, 1.54) is 42.5 Å². The van der Waals surface area contributed by atoms with Crippen molar-refractivity contribution in [3.8, 4) is 0 Å². The molecule has 0 aliphatic heterocycles. The van der Waals surface area contributed by atoms with Gasteiger partial charge in [-0.3, -0.25) is 0 Å². The fourth-order valence-electron chi connectivity index (χ4n) is 2.97. The summed E-state index contributed by atoms with van der Waals surface area (Å²) in [5.74, 6) is 0.336. The zero-order valence-electron chi connectivity index (χ0n) is 11.9. The minimum Gasteiger partial charge on any atom is -0.324 e. The van der Waals surface area contributed by atoms with E-state index in [1.54, 1.807) is 6.07 Å². The first-order valence-electron chi connectivity index (χ1n) is 7.43. The molecule has 3 rings (SSSR count). The maximum absolute atomic E-state index is 13.1. The zero-order valence-corrected chi connectivity index (χ0v) is 12.6. The Hall–Kier alpha value is -1.38. The lowest BCUT2D eigenvalue weighted by Crippen LogP contribution is -2.19. The molecule has 0 saturated heterocycles. The average molecular weight is 304 g/mol. The average Bonchev–Trinajstić information content (AvgIpc) is 2.40. The van der Waals surface area contributed by atoms with Crippen molar-refractivity contribution in [2.24, 2.45) is 5.73 Å². The van der Waals surface area contributed by atoms with Crippen LogP contribution in [0.5, 0.6) is 0 Å². The molecule has 110 valence electrons. The summed E-state index contributed by atoms with van der Waals surface area (Å²) in [6.45, 7) is 0. The first-order valence-corrected chi connectivity index (χ1v) is 7.81. The summed E-state index contributed by atoms with van der Waals surface area (Å²) < 4.78 is 13.1. The van der Waals surface area contributed by atoms with Crippen molar-refractivity contribution < 1.29 is 4.39 Å². The molecule has 0 aromatic heterocycles. The molecule has 1 aliphatic rings. The maximum atomic E-state index is 13.1. The first kappa shape index (κ1) is 14.6. The molecule has 0 spiro atoms. The molecule has 2 aromatic rings. The highest BCUT2D eigenvalue weighted by atomic mass is 35.5. The molecule has 21 heavy (non-hydrogen) atoms. The van der Waals surface area contributed by atoms with Gasteiger partial charge in [0.05, 0.1) is 0 Å². The van der Waals surface area contributed by atoms with Crippen LogP contribution in [0.15, 0.2) is 42.5 Å². The highest BCUT2D eigenvalue weighted by Crippen LogP contribution is 2.39. The van der Waals surface area contributed by atoms with Crippen LogP contribution in [0.25, 0.3) is 0 Å². The number of hydrogen-bond acceptors (Lipinski definition) is 1. The van der Waals surface area contributed by atoms with E-state index in [9.17, 15) is 4.39 Å². The summed E-state index contributed by atoms with van der Waals surface area (Å²) in [6.07, 6.45) is 4.43. The molecule has 1 nitrogen and oxygen atoms in total. The lowest BCUT2D eigenvalue weighted by atomic mass is 9.77. The summed E-state index contributed by atoms with van der Waals surface area (Å²) in [4.78, 5) is 0. The van der Waals surface area contributed by atoms with Crippen LogP contribution in [-0.2, 0) is 6.42 Å².